The van der Waals surface area contributed by atoms with Crippen molar-refractivity contribution in [1.29, 1.82) is 0 Å². The van der Waals surface area contributed by atoms with Crippen LogP contribution in [0.2, 0.25) is 0 Å². The molecule has 0 radical (unpaired) electrons. The molecular weight excluding hydrogens is 446 g/mol. The van der Waals surface area contributed by atoms with Crippen LogP contribution >= 0.6 is 0 Å². The van der Waals surface area contributed by atoms with Crippen molar-refractivity contribution >= 4 is 28.7 Å². The molecule has 35 heavy (non-hydrogen) atoms. The van der Waals surface area contributed by atoms with E-state index in [1.807, 2.05) is 36.0 Å². The van der Waals surface area contributed by atoms with E-state index in [4.69, 9.17) is 18.9 Å². The van der Waals surface area contributed by atoms with E-state index < -0.39 is 5.97 Å². The summed E-state index contributed by atoms with van der Waals surface area (Å²) in [5.74, 6) is 1.18. The van der Waals surface area contributed by atoms with Gasteiger partial charge in [0.15, 0.2) is 5.76 Å². The molecule has 0 spiro atoms. The fraction of sp³-hybridized carbons (Fsp3) is 0.143. The number of fused-ring (bicyclic) bond motifs is 2. The highest BCUT2D eigenvalue weighted by atomic mass is 16.5. The number of rotatable bonds is 5. The van der Waals surface area contributed by atoms with Crippen molar-refractivity contribution in [2.75, 3.05) is 14.2 Å². The van der Waals surface area contributed by atoms with Gasteiger partial charge in [-0.25, -0.2) is 4.79 Å². The number of hydrogen-bond donors (Lipinski definition) is 0. The van der Waals surface area contributed by atoms with Gasteiger partial charge in [0.25, 0.3) is 0 Å². The summed E-state index contributed by atoms with van der Waals surface area (Å²) < 4.78 is 24.1. The normalized spacial score (nSPS) is 13.6. The number of methoxy groups -OCH3 is 2. The molecule has 0 saturated heterocycles. The van der Waals surface area contributed by atoms with Crippen LogP contribution in [-0.2, 0) is 7.05 Å². The number of ether oxygens (including phenoxy) is 4. The van der Waals surface area contributed by atoms with Gasteiger partial charge in [-0.2, -0.15) is 0 Å². The fourth-order valence-corrected chi connectivity index (χ4v) is 4.30. The van der Waals surface area contributed by atoms with Crippen LogP contribution in [0.5, 0.6) is 23.0 Å². The minimum atomic E-state index is -0.563. The summed E-state index contributed by atoms with van der Waals surface area (Å²) in [6.07, 6.45) is 3.66. The number of carbonyl (C=O) groups is 2. The van der Waals surface area contributed by atoms with Crippen molar-refractivity contribution < 1.29 is 28.5 Å². The largest absolute Gasteiger partial charge is 0.497 e. The molecule has 4 aromatic rings. The SMILES string of the molecule is COc1ccc2c(c1)c(/C=C1\Oc3cc(OC(=O)c4ccccc4OC)cc(C)c3C1=O)cn2C. The fourth-order valence-electron chi connectivity index (χ4n) is 4.30. The Bertz CT molecular complexity index is 1530. The lowest BCUT2D eigenvalue weighted by Crippen LogP contribution is -2.10. The van der Waals surface area contributed by atoms with Gasteiger partial charge < -0.3 is 23.5 Å². The topological polar surface area (TPSA) is 76.0 Å². The van der Waals surface area contributed by atoms with E-state index >= 15 is 0 Å². The molecule has 0 unspecified atom stereocenters. The Morgan fingerprint density at radius 1 is 1.00 bits per heavy atom. The van der Waals surface area contributed by atoms with Crippen LogP contribution in [0.3, 0.4) is 0 Å². The van der Waals surface area contributed by atoms with Crippen molar-refractivity contribution in [3.05, 3.63) is 88.8 Å². The van der Waals surface area contributed by atoms with Crippen LogP contribution in [0.4, 0.5) is 0 Å². The van der Waals surface area contributed by atoms with E-state index in [0.29, 0.717) is 28.2 Å². The number of esters is 1. The van der Waals surface area contributed by atoms with Crippen LogP contribution in [0, 0.1) is 6.92 Å². The number of carbonyl (C=O) groups excluding carboxylic acids is 2. The molecule has 1 aliphatic heterocycles. The quantitative estimate of drug-likeness (QED) is 0.223. The van der Waals surface area contributed by atoms with Crippen molar-refractivity contribution in [1.82, 2.24) is 4.57 Å². The molecule has 2 heterocycles. The molecule has 1 aliphatic rings. The number of para-hydroxylation sites is 1. The second kappa shape index (κ2) is 8.68. The van der Waals surface area contributed by atoms with Gasteiger partial charge in [0.2, 0.25) is 5.78 Å². The number of Topliss-reactive ketones (excluding diaryl/α,β-unsaturated/α-hetero) is 1. The van der Waals surface area contributed by atoms with E-state index in [2.05, 4.69) is 0 Å². The molecule has 5 rings (SSSR count). The first-order valence-electron chi connectivity index (χ1n) is 11.0. The maximum absolute atomic E-state index is 13.2. The Hall–Kier alpha value is -4.52. The van der Waals surface area contributed by atoms with Gasteiger partial charge in [0.1, 0.15) is 28.6 Å². The highest BCUT2D eigenvalue weighted by molar-refractivity contribution is 6.16. The molecule has 0 saturated carbocycles. The lowest BCUT2D eigenvalue weighted by Gasteiger charge is -2.10. The zero-order valence-corrected chi connectivity index (χ0v) is 19.7. The van der Waals surface area contributed by atoms with E-state index in [9.17, 15) is 9.59 Å². The Labute approximate surface area is 202 Å². The lowest BCUT2D eigenvalue weighted by molar-refractivity contribution is 0.0731. The highest BCUT2D eigenvalue weighted by Gasteiger charge is 2.31. The van der Waals surface area contributed by atoms with Crippen LogP contribution in [0.1, 0.15) is 31.8 Å². The highest BCUT2D eigenvalue weighted by Crippen LogP contribution is 2.38. The first-order chi connectivity index (χ1) is 16.9. The summed E-state index contributed by atoms with van der Waals surface area (Å²) in [6, 6.07) is 15.8. The zero-order chi connectivity index (χ0) is 24.7. The molecule has 0 bridgehead atoms. The second-order valence-electron chi connectivity index (χ2n) is 8.22. The Morgan fingerprint density at radius 3 is 2.57 bits per heavy atom. The van der Waals surface area contributed by atoms with Gasteiger partial charge in [-0.15, -0.1) is 0 Å². The number of aryl methyl sites for hydroxylation is 2. The van der Waals surface area contributed by atoms with Crippen molar-refractivity contribution in [3.8, 4) is 23.0 Å². The minimum absolute atomic E-state index is 0.201. The third-order valence-electron chi connectivity index (χ3n) is 6.00. The van der Waals surface area contributed by atoms with Gasteiger partial charge >= 0.3 is 5.97 Å². The van der Waals surface area contributed by atoms with Gasteiger partial charge in [-0.05, 0) is 55.0 Å². The molecule has 0 aliphatic carbocycles. The van der Waals surface area contributed by atoms with Gasteiger partial charge in [-0.1, -0.05) is 12.1 Å². The predicted molar refractivity (Wildman–Crippen MR) is 132 cm³/mol. The maximum Gasteiger partial charge on any atom is 0.347 e. The summed E-state index contributed by atoms with van der Waals surface area (Å²) >= 11 is 0. The molecule has 1 aromatic heterocycles. The third kappa shape index (κ3) is 3.91. The van der Waals surface area contributed by atoms with Crippen molar-refractivity contribution in [3.63, 3.8) is 0 Å². The lowest BCUT2D eigenvalue weighted by atomic mass is 10.0. The Morgan fingerprint density at radius 2 is 1.80 bits per heavy atom. The average Bonchev–Trinajstić information content (AvgIpc) is 3.34. The molecule has 0 fully saturated rings. The number of ketones is 1. The summed E-state index contributed by atoms with van der Waals surface area (Å²) in [4.78, 5) is 25.9. The summed E-state index contributed by atoms with van der Waals surface area (Å²) in [5, 5.41) is 0.940. The van der Waals surface area contributed by atoms with E-state index in [0.717, 1.165) is 22.2 Å². The molecular formula is C28H23NO6. The Balaban J connectivity index is 1.47. The van der Waals surface area contributed by atoms with Crippen LogP contribution in [-0.4, -0.2) is 30.5 Å². The van der Waals surface area contributed by atoms with Crippen molar-refractivity contribution in [2.45, 2.75) is 6.92 Å². The smallest absolute Gasteiger partial charge is 0.347 e. The standard InChI is InChI=1S/C28H23NO6/c1-16-11-19(34-28(31)20-7-5-6-8-23(20)33-4)14-24-26(16)27(30)25(35-24)12-17-15-29(2)22-10-9-18(32-3)13-21(17)22/h5-15H,1-4H3/b25-12-. The summed E-state index contributed by atoms with van der Waals surface area (Å²) in [6.45, 7) is 1.78. The molecule has 3 aromatic carbocycles. The van der Waals surface area contributed by atoms with Gasteiger partial charge in [0.05, 0.1) is 19.8 Å². The van der Waals surface area contributed by atoms with E-state index in [-0.39, 0.29) is 17.3 Å². The average molecular weight is 469 g/mol. The zero-order valence-electron chi connectivity index (χ0n) is 19.7. The molecule has 176 valence electrons. The summed E-state index contributed by atoms with van der Waals surface area (Å²) in [7, 11) is 5.05. The number of hydrogen-bond acceptors (Lipinski definition) is 6. The third-order valence-corrected chi connectivity index (χ3v) is 6.00. The Kier molecular flexibility index (Phi) is 5.53. The summed E-state index contributed by atoms with van der Waals surface area (Å²) in [5.41, 5.74) is 3.24. The first kappa shape index (κ1) is 22.3. The molecule has 0 N–H and O–H groups in total. The van der Waals surface area contributed by atoms with E-state index in [1.54, 1.807) is 56.5 Å². The van der Waals surface area contributed by atoms with Crippen LogP contribution in [0.25, 0.3) is 17.0 Å². The molecule has 0 atom stereocenters. The second-order valence-corrected chi connectivity index (χ2v) is 8.22. The maximum atomic E-state index is 13.2. The van der Waals surface area contributed by atoms with Gasteiger partial charge in [0, 0.05) is 35.8 Å². The monoisotopic (exact) mass is 469 g/mol. The molecule has 7 heteroatoms. The van der Waals surface area contributed by atoms with Crippen molar-refractivity contribution in [2.24, 2.45) is 7.05 Å². The number of benzene rings is 3. The predicted octanol–water partition coefficient (Wildman–Crippen LogP) is 5.34. The minimum Gasteiger partial charge on any atom is -0.497 e. The molecule has 0 amide bonds. The van der Waals surface area contributed by atoms with Crippen LogP contribution in [0.15, 0.2) is 66.6 Å². The van der Waals surface area contributed by atoms with Gasteiger partial charge in [-0.3, -0.25) is 4.79 Å². The van der Waals surface area contributed by atoms with E-state index in [1.165, 1.54) is 7.11 Å². The number of allylic oxidation sites excluding steroid dienone is 1. The van der Waals surface area contributed by atoms with Crippen LogP contribution < -0.4 is 18.9 Å². The number of nitrogens with zero attached hydrogens (tertiary/aromatic N) is 1. The first-order valence-corrected chi connectivity index (χ1v) is 11.0. The number of aromatic nitrogens is 1. The molecule has 7 nitrogen and oxygen atoms in total.